The number of Topliss-reactive ketones (excluding diaryl/α,β-unsaturated/α-hetero) is 1. The second-order valence-corrected chi connectivity index (χ2v) is 6.49. The van der Waals surface area contributed by atoms with Crippen LogP contribution in [0.1, 0.15) is 65.7 Å². The van der Waals surface area contributed by atoms with Gasteiger partial charge >= 0.3 is 0 Å². The molecular formula is C15H27NO2. The molecule has 0 aliphatic heterocycles. The fourth-order valence-corrected chi connectivity index (χ4v) is 2.34. The van der Waals surface area contributed by atoms with Crippen molar-refractivity contribution < 1.29 is 9.59 Å². The van der Waals surface area contributed by atoms with Gasteiger partial charge in [-0.3, -0.25) is 9.59 Å². The SMILES string of the molecule is CC(C)(C)C(=O)CNC(=O)CCC1CCCCC1. The van der Waals surface area contributed by atoms with Crippen LogP contribution in [-0.4, -0.2) is 18.2 Å². The second-order valence-electron chi connectivity index (χ2n) is 6.49. The average molecular weight is 253 g/mol. The zero-order valence-corrected chi connectivity index (χ0v) is 12.1. The van der Waals surface area contributed by atoms with Crippen LogP contribution in [-0.2, 0) is 9.59 Å². The van der Waals surface area contributed by atoms with E-state index in [-0.39, 0.29) is 23.7 Å². The maximum Gasteiger partial charge on any atom is 0.220 e. The molecule has 1 saturated carbocycles. The van der Waals surface area contributed by atoms with Crippen LogP contribution in [0.2, 0.25) is 0 Å². The monoisotopic (exact) mass is 253 g/mol. The molecule has 3 heteroatoms. The van der Waals surface area contributed by atoms with Gasteiger partial charge in [-0.05, 0) is 12.3 Å². The summed E-state index contributed by atoms with van der Waals surface area (Å²) >= 11 is 0. The molecule has 18 heavy (non-hydrogen) atoms. The first-order valence-corrected chi connectivity index (χ1v) is 7.19. The number of amides is 1. The molecule has 0 radical (unpaired) electrons. The molecule has 1 aliphatic carbocycles. The lowest BCUT2D eigenvalue weighted by Gasteiger charge is -2.21. The van der Waals surface area contributed by atoms with E-state index < -0.39 is 0 Å². The van der Waals surface area contributed by atoms with Crippen LogP contribution in [0, 0.1) is 11.3 Å². The molecule has 1 amide bonds. The number of carbonyl (C=O) groups excluding carboxylic acids is 2. The highest BCUT2D eigenvalue weighted by Gasteiger charge is 2.21. The maximum atomic E-state index is 11.7. The normalized spacial score (nSPS) is 17.5. The number of hydrogen-bond donors (Lipinski definition) is 1. The molecule has 0 bridgehead atoms. The Morgan fingerprint density at radius 1 is 1.11 bits per heavy atom. The summed E-state index contributed by atoms with van der Waals surface area (Å²) in [4.78, 5) is 23.3. The lowest BCUT2D eigenvalue weighted by atomic mass is 9.86. The van der Waals surface area contributed by atoms with Crippen molar-refractivity contribution >= 4 is 11.7 Å². The minimum absolute atomic E-state index is 0.0261. The summed E-state index contributed by atoms with van der Waals surface area (Å²) in [6.45, 7) is 5.81. The van der Waals surface area contributed by atoms with Crippen LogP contribution < -0.4 is 5.32 Å². The molecular weight excluding hydrogens is 226 g/mol. The minimum Gasteiger partial charge on any atom is -0.349 e. The first kappa shape index (κ1) is 15.2. The molecule has 0 spiro atoms. The molecule has 0 aromatic rings. The molecule has 0 saturated heterocycles. The van der Waals surface area contributed by atoms with Gasteiger partial charge in [-0.1, -0.05) is 52.9 Å². The standard InChI is InChI=1S/C15H27NO2/c1-15(2,3)13(17)11-16-14(18)10-9-12-7-5-4-6-8-12/h12H,4-11H2,1-3H3,(H,16,18). The highest BCUT2D eigenvalue weighted by Crippen LogP contribution is 2.27. The molecule has 1 fully saturated rings. The van der Waals surface area contributed by atoms with Gasteiger partial charge in [-0.2, -0.15) is 0 Å². The van der Waals surface area contributed by atoms with Crippen LogP contribution in [0.3, 0.4) is 0 Å². The van der Waals surface area contributed by atoms with E-state index in [1.807, 2.05) is 20.8 Å². The summed E-state index contributed by atoms with van der Waals surface area (Å²) in [5.74, 6) is 0.842. The Morgan fingerprint density at radius 2 is 1.72 bits per heavy atom. The minimum atomic E-state index is -0.364. The summed E-state index contributed by atoms with van der Waals surface area (Å²) < 4.78 is 0. The predicted octanol–water partition coefficient (Wildman–Crippen LogP) is 3.08. The lowest BCUT2D eigenvalue weighted by molar-refractivity contribution is -0.129. The van der Waals surface area contributed by atoms with Gasteiger partial charge in [0.1, 0.15) is 0 Å². The Labute approximate surface area is 111 Å². The summed E-state index contributed by atoms with van der Waals surface area (Å²) in [7, 11) is 0. The molecule has 0 unspecified atom stereocenters. The molecule has 0 heterocycles. The number of ketones is 1. The van der Waals surface area contributed by atoms with Gasteiger partial charge in [0.25, 0.3) is 0 Å². The second kappa shape index (κ2) is 6.91. The Balaban J connectivity index is 2.15. The molecule has 1 N–H and O–H groups in total. The largest absolute Gasteiger partial charge is 0.349 e. The molecule has 1 aliphatic rings. The van der Waals surface area contributed by atoms with Crippen LogP contribution in [0.5, 0.6) is 0 Å². The topological polar surface area (TPSA) is 46.2 Å². The molecule has 0 aromatic heterocycles. The fourth-order valence-electron chi connectivity index (χ4n) is 2.34. The van der Waals surface area contributed by atoms with Crippen LogP contribution in [0.25, 0.3) is 0 Å². The number of carbonyl (C=O) groups is 2. The number of rotatable bonds is 5. The highest BCUT2D eigenvalue weighted by atomic mass is 16.2. The van der Waals surface area contributed by atoms with Crippen molar-refractivity contribution in [3.05, 3.63) is 0 Å². The van der Waals surface area contributed by atoms with Crippen molar-refractivity contribution in [1.29, 1.82) is 0 Å². The first-order valence-electron chi connectivity index (χ1n) is 7.19. The van der Waals surface area contributed by atoms with Gasteiger partial charge in [0.05, 0.1) is 6.54 Å². The molecule has 1 rings (SSSR count). The Morgan fingerprint density at radius 3 is 2.28 bits per heavy atom. The summed E-state index contributed by atoms with van der Waals surface area (Å²) in [5.41, 5.74) is -0.364. The zero-order valence-electron chi connectivity index (χ0n) is 12.1. The van der Waals surface area contributed by atoms with Crippen molar-refractivity contribution in [2.24, 2.45) is 11.3 Å². The molecule has 0 aromatic carbocycles. The van der Waals surface area contributed by atoms with Gasteiger partial charge in [-0.15, -0.1) is 0 Å². The first-order chi connectivity index (χ1) is 8.39. The van der Waals surface area contributed by atoms with E-state index in [9.17, 15) is 9.59 Å². The van der Waals surface area contributed by atoms with E-state index in [2.05, 4.69) is 5.32 Å². The average Bonchev–Trinajstić information content (AvgIpc) is 2.33. The van der Waals surface area contributed by atoms with E-state index in [0.717, 1.165) is 12.3 Å². The van der Waals surface area contributed by atoms with Gasteiger partial charge in [0.15, 0.2) is 5.78 Å². The van der Waals surface area contributed by atoms with E-state index >= 15 is 0 Å². The Hall–Kier alpha value is -0.860. The Bertz CT molecular complexity index is 285. The predicted molar refractivity (Wildman–Crippen MR) is 73.3 cm³/mol. The van der Waals surface area contributed by atoms with Crippen molar-refractivity contribution in [3.63, 3.8) is 0 Å². The van der Waals surface area contributed by atoms with E-state index in [1.165, 1.54) is 32.1 Å². The van der Waals surface area contributed by atoms with Crippen LogP contribution in [0.4, 0.5) is 0 Å². The lowest BCUT2D eigenvalue weighted by Crippen LogP contribution is -2.35. The van der Waals surface area contributed by atoms with Gasteiger partial charge in [0, 0.05) is 11.8 Å². The van der Waals surface area contributed by atoms with E-state index in [1.54, 1.807) is 0 Å². The zero-order chi connectivity index (χ0) is 13.6. The fraction of sp³-hybridized carbons (Fsp3) is 0.867. The third-order valence-electron chi connectivity index (χ3n) is 3.79. The van der Waals surface area contributed by atoms with Crippen molar-refractivity contribution in [1.82, 2.24) is 5.32 Å². The van der Waals surface area contributed by atoms with Crippen LogP contribution >= 0.6 is 0 Å². The molecule has 104 valence electrons. The van der Waals surface area contributed by atoms with Gasteiger partial charge < -0.3 is 5.32 Å². The van der Waals surface area contributed by atoms with Crippen molar-refractivity contribution in [2.75, 3.05) is 6.54 Å². The van der Waals surface area contributed by atoms with Gasteiger partial charge in [-0.25, -0.2) is 0 Å². The van der Waals surface area contributed by atoms with Crippen molar-refractivity contribution in [3.8, 4) is 0 Å². The van der Waals surface area contributed by atoms with E-state index in [4.69, 9.17) is 0 Å². The summed E-state index contributed by atoms with van der Waals surface area (Å²) in [6, 6.07) is 0. The summed E-state index contributed by atoms with van der Waals surface area (Å²) in [5, 5.41) is 2.74. The smallest absolute Gasteiger partial charge is 0.220 e. The van der Waals surface area contributed by atoms with Crippen molar-refractivity contribution in [2.45, 2.75) is 65.7 Å². The quantitative estimate of drug-likeness (QED) is 0.818. The van der Waals surface area contributed by atoms with Crippen LogP contribution in [0.15, 0.2) is 0 Å². The van der Waals surface area contributed by atoms with E-state index in [0.29, 0.717) is 6.42 Å². The number of nitrogens with one attached hydrogen (secondary N) is 1. The summed E-state index contributed by atoms with van der Waals surface area (Å²) in [6.07, 6.45) is 8.08. The third kappa shape index (κ3) is 5.65. The molecule has 0 atom stereocenters. The number of hydrogen-bond acceptors (Lipinski definition) is 2. The highest BCUT2D eigenvalue weighted by molar-refractivity contribution is 5.89. The third-order valence-corrected chi connectivity index (χ3v) is 3.79. The van der Waals surface area contributed by atoms with Gasteiger partial charge in [0.2, 0.25) is 5.91 Å². The molecule has 3 nitrogen and oxygen atoms in total. The Kier molecular flexibility index (Phi) is 5.83. The maximum absolute atomic E-state index is 11.7.